The summed E-state index contributed by atoms with van der Waals surface area (Å²) in [5, 5.41) is 20.1. The van der Waals surface area contributed by atoms with Gasteiger partial charge in [0.25, 0.3) is 0 Å². The van der Waals surface area contributed by atoms with Gasteiger partial charge in [-0.1, -0.05) is 30.6 Å². The molecule has 1 amide bonds. The van der Waals surface area contributed by atoms with E-state index in [1.807, 2.05) is 36.6 Å². The molecule has 0 fully saturated rings. The van der Waals surface area contributed by atoms with Crippen molar-refractivity contribution in [1.82, 2.24) is 4.98 Å². The summed E-state index contributed by atoms with van der Waals surface area (Å²) >= 11 is 3.09. The number of nitrogens with one attached hydrogen (secondary N) is 2. The first-order valence-electron chi connectivity index (χ1n) is 8.81. The van der Waals surface area contributed by atoms with Crippen LogP contribution in [0.2, 0.25) is 0 Å². The second-order valence-electron chi connectivity index (χ2n) is 6.26. The van der Waals surface area contributed by atoms with Gasteiger partial charge in [0, 0.05) is 16.3 Å². The van der Waals surface area contributed by atoms with Crippen LogP contribution in [0.5, 0.6) is 5.75 Å². The lowest BCUT2D eigenvalue weighted by Crippen LogP contribution is -2.06. The second kappa shape index (κ2) is 7.95. The first kappa shape index (κ1) is 19.0. The molecule has 0 radical (unpaired) electrons. The van der Waals surface area contributed by atoms with Crippen molar-refractivity contribution in [3.63, 3.8) is 0 Å². The number of hydrogen-bond donors (Lipinski definition) is 3. The molecule has 4 rings (SSSR count). The van der Waals surface area contributed by atoms with Gasteiger partial charge in [-0.3, -0.25) is 4.79 Å². The molecular formula is C22H17N3O2S2. The van der Waals surface area contributed by atoms with Gasteiger partial charge in [-0.15, -0.1) is 22.7 Å². The Morgan fingerprint density at radius 3 is 3.03 bits per heavy atom. The molecular weight excluding hydrogens is 402 g/mol. The van der Waals surface area contributed by atoms with Crippen molar-refractivity contribution in [2.45, 2.75) is 6.92 Å². The Bertz CT molecular complexity index is 1310. The van der Waals surface area contributed by atoms with Crippen LogP contribution in [0.25, 0.3) is 20.3 Å². The van der Waals surface area contributed by atoms with Crippen molar-refractivity contribution in [3.8, 4) is 17.6 Å². The molecule has 0 aliphatic heterocycles. The number of aromatic nitrogens is 1. The molecule has 0 saturated heterocycles. The fourth-order valence-corrected chi connectivity index (χ4v) is 4.84. The first-order valence-corrected chi connectivity index (χ1v) is 10.5. The first-order chi connectivity index (χ1) is 14.0. The highest BCUT2D eigenvalue weighted by atomic mass is 32.1. The Balaban J connectivity index is 1.51. The van der Waals surface area contributed by atoms with Crippen molar-refractivity contribution in [3.05, 3.63) is 58.9 Å². The van der Waals surface area contributed by atoms with E-state index in [1.165, 1.54) is 17.4 Å². The Hall–Kier alpha value is -3.34. The molecule has 2 aromatic carbocycles. The lowest BCUT2D eigenvalue weighted by Gasteiger charge is -2.05. The number of carbonyl (C=O) groups is 1. The van der Waals surface area contributed by atoms with E-state index in [-0.39, 0.29) is 11.7 Å². The summed E-state index contributed by atoms with van der Waals surface area (Å²) in [5.74, 6) is 6.10. The monoisotopic (exact) mass is 419 g/mol. The Kier molecular flexibility index (Phi) is 5.21. The van der Waals surface area contributed by atoms with Crippen molar-refractivity contribution in [2.75, 3.05) is 17.2 Å². The number of anilines is 2. The molecule has 2 aromatic heterocycles. The number of carbonyl (C=O) groups excluding carboxylic acids is 1. The molecule has 5 nitrogen and oxygen atoms in total. The molecule has 0 aliphatic rings. The van der Waals surface area contributed by atoms with E-state index in [0.717, 1.165) is 36.7 Å². The number of amides is 1. The lowest BCUT2D eigenvalue weighted by atomic mass is 10.2. The molecule has 3 N–H and O–H groups in total. The number of hydrogen-bond acceptors (Lipinski definition) is 6. The number of thiophene rings is 1. The van der Waals surface area contributed by atoms with Crippen LogP contribution >= 0.6 is 22.7 Å². The van der Waals surface area contributed by atoms with Gasteiger partial charge < -0.3 is 15.7 Å². The van der Waals surface area contributed by atoms with Gasteiger partial charge in [0.05, 0.1) is 32.3 Å². The van der Waals surface area contributed by atoms with E-state index >= 15 is 0 Å². The summed E-state index contributed by atoms with van der Waals surface area (Å²) in [7, 11) is 0. The highest BCUT2D eigenvalue weighted by Crippen LogP contribution is 2.35. The summed E-state index contributed by atoms with van der Waals surface area (Å²) in [4.78, 5) is 15.9. The highest BCUT2D eigenvalue weighted by Gasteiger charge is 2.09. The van der Waals surface area contributed by atoms with Crippen molar-refractivity contribution < 1.29 is 9.90 Å². The van der Waals surface area contributed by atoms with Crippen LogP contribution in [0.4, 0.5) is 11.4 Å². The molecule has 0 aliphatic carbocycles. The normalized spacial score (nSPS) is 10.5. The Labute approximate surface area is 175 Å². The molecule has 29 heavy (non-hydrogen) atoms. The summed E-state index contributed by atoms with van der Waals surface area (Å²) < 4.78 is 1.98. The largest absolute Gasteiger partial charge is 0.506 e. The van der Waals surface area contributed by atoms with E-state index < -0.39 is 0 Å². The summed E-state index contributed by atoms with van der Waals surface area (Å²) in [5.41, 5.74) is 3.11. The zero-order chi connectivity index (χ0) is 20.4. The van der Waals surface area contributed by atoms with E-state index in [9.17, 15) is 9.90 Å². The van der Waals surface area contributed by atoms with E-state index in [1.54, 1.807) is 17.4 Å². The number of phenolic OH excluding ortho intramolecular Hbond substituents is 1. The van der Waals surface area contributed by atoms with Gasteiger partial charge in [0.2, 0.25) is 5.91 Å². The third kappa shape index (κ3) is 3.94. The van der Waals surface area contributed by atoms with Crippen LogP contribution in [0.3, 0.4) is 0 Å². The predicted octanol–water partition coefficient (Wildman–Crippen LogP) is 5.11. The van der Waals surface area contributed by atoms with Crippen molar-refractivity contribution in [2.24, 2.45) is 0 Å². The van der Waals surface area contributed by atoms with E-state index in [0.29, 0.717) is 12.1 Å². The SMILES string of the molecule is C=CC(=O)Nc1csc2c(NCC#Cc3cc(O)c4nc(C)sc4c3)cccc12. The quantitative estimate of drug-likeness (QED) is 0.317. The molecule has 0 saturated carbocycles. The van der Waals surface area contributed by atoms with Gasteiger partial charge in [-0.2, -0.15) is 0 Å². The summed E-state index contributed by atoms with van der Waals surface area (Å²) in [6.07, 6.45) is 1.25. The summed E-state index contributed by atoms with van der Waals surface area (Å²) in [6, 6.07) is 9.48. The van der Waals surface area contributed by atoms with Gasteiger partial charge in [0.15, 0.2) is 0 Å². The second-order valence-corrected chi connectivity index (χ2v) is 8.37. The Morgan fingerprint density at radius 2 is 2.21 bits per heavy atom. The maximum absolute atomic E-state index is 11.6. The molecule has 0 spiro atoms. The number of fused-ring (bicyclic) bond motifs is 2. The third-order valence-corrected chi connectivity index (χ3v) is 6.17. The smallest absolute Gasteiger partial charge is 0.247 e. The molecule has 144 valence electrons. The van der Waals surface area contributed by atoms with Gasteiger partial charge >= 0.3 is 0 Å². The number of rotatable bonds is 4. The average molecular weight is 420 g/mol. The van der Waals surface area contributed by atoms with Gasteiger partial charge in [-0.05, 0) is 31.2 Å². The fraction of sp³-hybridized carbons (Fsp3) is 0.0909. The fourth-order valence-electron chi connectivity index (χ4n) is 2.96. The molecule has 0 bridgehead atoms. The standard InChI is InChI=1S/C22H17N3O2S2/c1-3-20(27)25-17-12-28-22-15(17)7-4-8-16(22)23-9-5-6-14-10-18(26)21-19(11-14)29-13(2)24-21/h3-4,7-8,10-12,23,26H,1,9H2,2H3,(H,25,27). The third-order valence-electron chi connectivity index (χ3n) is 4.22. The maximum Gasteiger partial charge on any atom is 0.247 e. The molecule has 7 heteroatoms. The van der Waals surface area contributed by atoms with Crippen molar-refractivity contribution in [1.29, 1.82) is 0 Å². The average Bonchev–Trinajstić information content (AvgIpc) is 3.29. The van der Waals surface area contributed by atoms with Gasteiger partial charge in [-0.25, -0.2) is 4.98 Å². The van der Waals surface area contributed by atoms with Crippen LogP contribution in [-0.4, -0.2) is 22.5 Å². The highest BCUT2D eigenvalue weighted by molar-refractivity contribution is 7.18. The van der Waals surface area contributed by atoms with Crippen molar-refractivity contribution >= 4 is 60.3 Å². The minimum absolute atomic E-state index is 0.154. The number of phenols is 1. The molecule has 0 unspecified atom stereocenters. The molecule has 2 heterocycles. The molecule has 0 atom stereocenters. The molecule has 4 aromatic rings. The predicted molar refractivity (Wildman–Crippen MR) is 122 cm³/mol. The number of nitrogens with zero attached hydrogens (tertiary/aromatic N) is 1. The van der Waals surface area contributed by atoms with E-state index in [2.05, 4.69) is 34.0 Å². The van der Waals surface area contributed by atoms with Crippen LogP contribution in [0.1, 0.15) is 10.6 Å². The van der Waals surface area contributed by atoms with E-state index in [4.69, 9.17) is 0 Å². The van der Waals surface area contributed by atoms with Crippen LogP contribution in [0, 0.1) is 18.8 Å². The van der Waals surface area contributed by atoms with Crippen LogP contribution in [0.15, 0.2) is 48.4 Å². The number of aromatic hydroxyl groups is 1. The zero-order valence-corrected chi connectivity index (χ0v) is 17.2. The minimum Gasteiger partial charge on any atom is -0.506 e. The number of aryl methyl sites for hydroxylation is 1. The zero-order valence-electron chi connectivity index (χ0n) is 15.6. The number of benzene rings is 2. The maximum atomic E-state index is 11.6. The Morgan fingerprint density at radius 1 is 1.34 bits per heavy atom. The topological polar surface area (TPSA) is 74.2 Å². The lowest BCUT2D eigenvalue weighted by molar-refractivity contribution is -0.111. The number of thiazole rings is 1. The minimum atomic E-state index is -0.231. The van der Waals surface area contributed by atoms with Crippen LogP contribution in [-0.2, 0) is 4.79 Å². The van der Waals surface area contributed by atoms with Crippen LogP contribution < -0.4 is 10.6 Å². The summed E-state index contributed by atoms with van der Waals surface area (Å²) in [6.45, 7) is 5.85. The van der Waals surface area contributed by atoms with Gasteiger partial charge in [0.1, 0.15) is 11.3 Å².